The number of anilines is 1. The number of benzene rings is 2. The molecule has 174 valence electrons. The van der Waals surface area contributed by atoms with Gasteiger partial charge in [-0.3, -0.25) is 4.79 Å². The number of halogens is 2. The molecule has 0 unspecified atom stereocenters. The smallest absolute Gasteiger partial charge is 0.241 e. The van der Waals surface area contributed by atoms with Crippen LogP contribution in [0.1, 0.15) is 5.56 Å². The molecule has 0 aliphatic carbocycles. The van der Waals surface area contributed by atoms with Crippen molar-refractivity contribution in [3.63, 3.8) is 0 Å². The quantitative estimate of drug-likeness (QED) is 0.338. The number of rotatable bonds is 6. The Morgan fingerprint density at radius 1 is 1.09 bits per heavy atom. The van der Waals surface area contributed by atoms with Crippen LogP contribution < -0.4 is 15.0 Å². The Labute approximate surface area is 206 Å². The fourth-order valence-electron chi connectivity index (χ4n) is 3.34. The molecule has 0 saturated carbocycles. The molecule has 0 radical (unpaired) electrons. The van der Waals surface area contributed by atoms with E-state index in [0.717, 1.165) is 11.3 Å². The zero-order chi connectivity index (χ0) is 22.2. The van der Waals surface area contributed by atoms with Crippen molar-refractivity contribution in [1.82, 2.24) is 15.1 Å². The number of nitrogens with one attached hydrogen (secondary N) is 1. The van der Waals surface area contributed by atoms with Gasteiger partial charge in [0, 0.05) is 40.3 Å². The average molecular weight is 555 g/mol. The van der Waals surface area contributed by atoms with Gasteiger partial charge in [0.25, 0.3) is 0 Å². The van der Waals surface area contributed by atoms with E-state index in [4.69, 9.17) is 9.73 Å². The zero-order valence-electron chi connectivity index (χ0n) is 18.8. The van der Waals surface area contributed by atoms with Crippen molar-refractivity contribution < 1.29 is 13.9 Å². The van der Waals surface area contributed by atoms with Crippen molar-refractivity contribution in [2.24, 2.45) is 4.99 Å². The molecule has 2 aromatic rings. The van der Waals surface area contributed by atoms with Gasteiger partial charge in [0.15, 0.2) is 5.96 Å². The summed E-state index contributed by atoms with van der Waals surface area (Å²) in [5.74, 6) is 1.24. The summed E-state index contributed by atoms with van der Waals surface area (Å²) in [5.41, 5.74) is 1.67. The molecule has 1 amide bonds. The van der Waals surface area contributed by atoms with Crippen LogP contribution in [0.15, 0.2) is 53.5 Å². The number of methoxy groups -OCH3 is 1. The molecular formula is C23H31FIN5O2. The number of amides is 1. The Morgan fingerprint density at radius 2 is 1.75 bits per heavy atom. The van der Waals surface area contributed by atoms with E-state index in [0.29, 0.717) is 44.4 Å². The van der Waals surface area contributed by atoms with Gasteiger partial charge < -0.3 is 24.8 Å². The highest BCUT2D eigenvalue weighted by atomic mass is 127. The second kappa shape index (κ2) is 12.5. The lowest BCUT2D eigenvalue weighted by molar-refractivity contribution is -0.127. The Hall–Kier alpha value is -2.56. The molecule has 7 nitrogen and oxygen atoms in total. The first-order valence-electron chi connectivity index (χ1n) is 10.3. The van der Waals surface area contributed by atoms with E-state index in [1.807, 2.05) is 35.2 Å². The molecule has 1 N–H and O–H groups in total. The van der Waals surface area contributed by atoms with Gasteiger partial charge in [-0.1, -0.05) is 24.3 Å². The number of ether oxygens (including phenoxy) is 1. The van der Waals surface area contributed by atoms with Crippen LogP contribution in [0.3, 0.4) is 0 Å². The number of para-hydroxylation sites is 1. The number of carbonyl (C=O) groups excluding carboxylic acids is 1. The molecule has 0 aromatic heterocycles. The topological polar surface area (TPSA) is 60.4 Å². The summed E-state index contributed by atoms with van der Waals surface area (Å²) in [4.78, 5) is 22.5. The summed E-state index contributed by atoms with van der Waals surface area (Å²) in [5, 5.41) is 3.20. The molecular weight excluding hydrogens is 524 g/mol. The largest absolute Gasteiger partial charge is 0.497 e. The van der Waals surface area contributed by atoms with Crippen molar-refractivity contribution in [2.45, 2.75) is 6.54 Å². The number of likely N-dealkylation sites (N-methyl/N-ethyl adjacent to an activating group) is 1. The minimum Gasteiger partial charge on any atom is -0.497 e. The lowest BCUT2D eigenvalue weighted by Gasteiger charge is -2.37. The summed E-state index contributed by atoms with van der Waals surface area (Å²) in [6.07, 6.45) is 0. The highest BCUT2D eigenvalue weighted by Crippen LogP contribution is 2.20. The van der Waals surface area contributed by atoms with Crippen LogP contribution in [0.5, 0.6) is 5.75 Å². The number of guanidine groups is 1. The standard InChI is InChI=1S/C23H30FN5O2.HI/c1-27(2)22(30)17-26-23(25-16-18-8-10-19(31-3)11-9-18)29-14-12-28(13-15-29)21-7-5-4-6-20(21)24;/h4-11H,12-17H2,1-3H3,(H,25,26);1H. The molecule has 1 aliphatic heterocycles. The number of hydrogen-bond acceptors (Lipinski definition) is 4. The third-order valence-electron chi connectivity index (χ3n) is 5.24. The van der Waals surface area contributed by atoms with Crippen LogP contribution in [-0.4, -0.2) is 75.6 Å². The van der Waals surface area contributed by atoms with E-state index in [-0.39, 0.29) is 42.2 Å². The van der Waals surface area contributed by atoms with E-state index in [1.54, 1.807) is 38.2 Å². The molecule has 1 saturated heterocycles. The van der Waals surface area contributed by atoms with Crippen molar-refractivity contribution in [1.29, 1.82) is 0 Å². The molecule has 1 aliphatic rings. The number of carbonyl (C=O) groups is 1. The molecule has 32 heavy (non-hydrogen) atoms. The van der Waals surface area contributed by atoms with Crippen molar-refractivity contribution in [3.05, 3.63) is 59.9 Å². The predicted molar refractivity (Wildman–Crippen MR) is 136 cm³/mol. The van der Waals surface area contributed by atoms with E-state index >= 15 is 0 Å². The number of piperazine rings is 1. The van der Waals surface area contributed by atoms with Gasteiger partial charge >= 0.3 is 0 Å². The predicted octanol–water partition coefficient (Wildman–Crippen LogP) is 2.81. The molecule has 1 fully saturated rings. The van der Waals surface area contributed by atoms with Crippen LogP contribution >= 0.6 is 24.0 Å². The molecule has 0 spiro atoms. The molecule has 0 atom stereocenters. The van der Waals surface area contributed by atoms with Crippen LogP contribution in [0.2, 0.25) is 0 Å². The molecule has 0 bridgehead atoms. The minimum absolute atomic E-state index is 0. The second-order valence-corrected chi connectivity index (χ2v) is 7.56. The summed E-state index contributed by atoms with van der Waals surface area (Å²) < 4.78 is 19.3. The lowest BCUT2D eigenvalue weighted by atomic mass is 10.2. The monoisotopic (exact) mass is 555 g/mol. The highest BCUT2D eigenvalue weighted by molar-refractivity contribution is 14.0. The number of nitrogens with zero attached hydrogens (tertiary/aromatic N) is 4. The third-order valence-corrected chi connectivity index (χ3v) is 5.24. The summed E-state index contributed by atoms with van der Waals surface area (Å²) in [6.45, 7) is 3.35. The van der Waals surface area contributed by atoms with Crippen molar-refractivity contribution in [3.8, 4) is 5.75 Å². The summed E-state index contributed by atoms with van der Waals surface area (Å²) in [6, 6.07) is 14.6. The Kier molecular flexibility index (Phi) is 10.0. The first kappa shape index (κ1) is 25.7. The molecule has 2 aromatic carbocycles. The van der Waals surface area contributed by atoms with Gasteiger partial charge in [-0.25, -0.2) is 9.38 Å². The summed E-state index contributed by atoms with van der Waals surface area (Å²) >= 11 is 0. The Morgan fingerprint density at radius 3 is 2.34 bits per heavy atom. The lowest BCUT2D eigenvalue weighted by Crippen LogP contribution is -2.53. The van der Waals surface area contributed by atoms with E-state index in [9.17, 15) is 9.18 Å². The SMILES string of the molecule is COc1ccc(CN=C(NCC(=O)N(C)C)N2CCN(c3ccccc3F)CC2)cc1.I. The molecule has 9 heteroatoms. The van der Waals surface area contributed by atoms with Gasteiger partial charge in [-0.2, -0.15) is 0 Å². The normalized spacial score (nSPS) is 13.9. The van der Waals surface area contributed by atoms with Crippen LogP contribution in [-0.2, 0) is 11.3 Å². The Balaban J connectivity index is 0.00000363. The fourth-order valence-corrected chi connectivity index (χ4v) is 3.34. The van der Waals surface area contributed by atoms with Crippen LogP contribution in [0, 0.1) is 5.82 Å². The summed E-state index contributed by atoms with van der Waals surface area (Å²) in [7, 11) is 5.09. The van der Waals surface area contributed by atoms with E-state index < -0.39 is 0 Å². The number of hydrogen-bond donors (Lipinski definition) is 1. The van der Waals surface area contributed by atoms with Gasteiger partial charge in [-0.15, -0.1) is 24.0 Å². The Bertz CT molecular complexity index is 900. The van der Waals surface area contributed by atoms with Gasteiger partial charge in [0.1, 0.15) is 11.6 Å². The van der Waals surface area contributed by atoms with Crippen LogP contribution in [0.25, 0.3) is 0 Å². The van der Waals surface area contributed by atoms with Gasteiger partial charge in [0.05, 0.1) is 25.9 Å². The minimum atomic E-state index is -0.209. The molecule has 3 rings (SSSR count). The maximum Gasteiger partial charge on any atom is 0.241 e. The average Bonchev–Trinajstić information content (AvgIpc) is 2.80. The van der Waals surface area contributed by atoms with Crippen molar-refractivity contribution >= 4 is 41.5 Å². The third kappa shape index (κ3) is 6.98. The van der Waals surface area contributed by atoms with Gasteiger partial charge in [0.2, 0.25) is 5.91 Å². The molecule has 1 heterocycles. The van der Waals surface area contributed by atoms with E-state index in [2.05, 4.69) is 10.2 Å². The van der Waals surface area contributed by atoms with Crippen molar-refractivity contribution in [2.75, 3.05) is 58.8 Å². The van der Waals surface area contributed by atoms with Gasteiger partial charge in [-0.05, 0) is 29.8 Å². The second-order valence-electron chi connectivity index (χ2n) is 7.56. The highest BCUT2D eigenvalue weighted by Gasteiger charge is 2.22. The first-order chi connectivity index (χ1) is 15.0. The maximum absolute atomic E-state index is 14.1. The number of aliphatic imine (C=N–C) groups is 1. The van der Waals surface area contributed by atoms with Crippen LogP contribution in [0.4, 0.5) is 10.1 Å². The fraction of sp³-hybridized carbons (Fsp3) is 0.391. The zero-order valence-corrected chi connectivity index (χ0v) is 21.1. The first-order valence-corrected chi connectivity index (χ1v) is 10.3. The maximum atomic E-state index is 14.1. The van der Waals surface area contributed by atoms with E-state index in [1.165, 1.54) is 6.07 Å².